The molecule has 0 aliphatic rings. The Morgan fingerprint density at radius 3 is 2.79 bits per heavy atom. The highest BCUT2D eigenvalue weighted by Crippen LogP contribution is 2.24. The molecular weight excluding hydrogens is 269 g/mol. The summed E-state index contributed by atoms with van der Waals surface area (Å²) in [6, 6.07) is 3.32. The molecule has 0 aromatic carbocycles. The Kier molecular flexibility index (Phi) is 4.81. The SMILES string of the molecule is OC(CCBr)C(O)c1cccnc1Cl. The van der Waals surface area contributed by atoms with Gasteiger partial charge in [0, 0.05) is 17.1 Å². The van der Waals surface area contributed by atoms with Crippen LogP contribution in [0.5, 0.6) is 0 Å². The summed E-state index contributed by atoms with van der Waals surface area (Å²) in [6.45, 7) is 0. The number of hydrogen-bond acceptors (Lipinski definition) is 3. The van der Waals surface area contributed by atoms with Gasteiger partial charge in [-0.05, 0) is 12.5 Å². The van der Waals surface area contributed by atoms with Crippen molar-refractivity contribution in [1.29, 1.82) is 0 Å². The first kappa shape index (κ1) is 11.9. The zero-order valence-corrected chi connectivity index (χ0v) is 9.74. The molecule has 5 heteroatoms. The van der Waals surface area contributed by atoms with Crippen LogP contribution in [-0.2, 0) is 0 Å². The lowest BCUT2D eigenvalue weighted by Crippen LogP contribution is -2.19. The van der Waals surface area contributed by atoms with E-state index in [2.05, 4.69) is 20.9 Å². The fourth-order valence-electron chi connectivity index (χ4n) is 1.10. The third kappa shape index (κ3) is 2.92. The molecular formula is C9H11BrClNO2. The Hall–Kier alpha value is -0.160. The van der Waals surface area contributed by atoms with Gasteiger partial charge >= 0.3 is 0 Å². The Labute approximate surface area is 95.9 Å². The van der Waals surface area contributed by atoms with E-state index in [9.17, 15) is 10.2 Å². The van der Waals surface area contributed by atoms with Gasteiger partial charge in [-0.25, -0.2) is 4.98 Å². The first-order chi connectivity index (χ1) is 6.66. The number of aliphatic hydroxyl groups is 2. The van der Waals surface area contributed by atoms with Crippen molar-refractivity contribution in [1.82, 2.24) is 4.98 Å². The second-order valence-corrected chi connectivity index (χ2v) is 4.02. The van der Waals surface area contributed by atoms with Crippen molar-refractivity contribution in [3.63, 3.8) is 0 Å². The van der Waals surface area contributed by atoms with Crippen molar-refractivity contribution in [2.24, 2.45) is 0 Å². The average molecular weight is 281 g/mol. The highest BCUT2D eigenvalue weighted by molar-refractivity contribution is 9.09. The maximum absolute atomic E-state index is 9.71. The minimum absolute atomic E-state index is 0.230. The largest absolute Gasteiger partial charge is 0.390 e. The fraction of sp³-hybridized carbons (Fsp3) is 0.444. The molecule has 0 saturated heterocycles. The minimum Gasteiger partial charge on any atom is -0.390 e. The molecule has 1 rings (SSSR count). The summed E-state index contributed by atoms with van der Waals surface area (Å²) in [5, 5.41) is 20.1. The van der Waals surface area contributed by atoms with Crippen molar-refractivity contribution in [3.8, 4) is 0 Å². The van der Waals surface area contributed by atoms with Crippen LogP contribution in [0.3, 0.4) is 0 Å². The summed E-state index contributed by atoms with van der Waals surface area (Å²) < 4.78 is 0. The molecule has 0 aliphatic carbocycles. The number of pyridine rings is 1. The van der Waals surface area contributed by atoms with Gasteiger partial charge in [0.1, 0.15) is 11.3 Å². The molecule has 1 heterocycles. The van der Waals surface area contributed by atoms with Gasteiger partial charge in [0.05, 0.1) is 6.10 Å². The Bertz CT molecular complexity index is 298. The van der Waals surface area contributed by atoms with E-state index in [4.69, 9.17) is 11.6 Å². The summed E-state index contributed by atoms with van der Waals surface area (Å²) >= 11 is 8.96. The Balaban J connectivity index is 2.78. The second-order valence-electron chi connectivity index (χ2n) is 2.87. The average Bonchev–Trinajstić information content (AvgIpc) is 2.18. The van der Waals surface area contributed by atoms with Gasteiger partial charge in [-0.2, -0.15) is 0 Å². The van der Waals surface area contributed by atoms with Crippen LogP contribution in [0.15, 0.2) is 18.3 Å². The molecule has 2 N–H and O–H groups in total. The number of halogens is 2. The monoisotopic (exact) mass is 279 g/mol. The van der Waals surface area contributed by atoms with Gasteiger partial charge in [0.15, 0.2) is 0 Å². The maximum Gasteiger partial charge on any atom is 0.134 e. The van der Waals surface area contributed by atoms with Crippen molar-refractivity contribution in [2.45, 2.75) is 18.6 Å². The van der Waals surface area contributed by atoms with E-state index in [-0.39, 0.29) is 5.15 Å². The molecule has 0 amide bonds. The molecule has 2 unspecified atom stereocenters. The van der Waals surface area contributed by atoms with E-state index < -0.39 is 12.2 Å². The van der Waals surface area contributed by atoms with Gasteiger partial charge in [-0.15, -0.1) is 0 Å². The summed E-state index contributed by atoms with van der Waals surface area (Å²) in [5.41, 5.74) is 0.461. The number of aromatic nitrogens is 1. The lowest BCUT2D eigenvalue weighted by atomic mass is 10.0. The van der Waals surface area contributed by atoms with Crippen LogP contribution < -0.4 is 0 Å². The molecule has 0 aliphatic heterocycles. The molecule has 0 bridgehead atoms. The van der Waals surface area contributed by atoms with E-state index >= 15 is 0 Å². The van der Waals surface area contributed by atoms with E-state index in [0.29, 0.717) is 17.3 Å². The first-order valence-corrected chi connectivity index (χ1v) is 5.69. The molecule has 0 saturated carbocycles. The highest BCUT2D eigenvalue weighted by Gasteiger charge is 2.20. The predicted molar refractivity (Wildman–Crippen MR) is 58.6 cm³/mol. The quantitative estimate of drug-likeness (QED) is 0.654. The van der Waals surface area contributed by atoms with Crippen LogP contribution in [0.2, 0.25) is 5.15 Å². The van der Waals surface area contributed by atoms with Gasteiger partial charge in [-0.1, -0.05) is 33.6 Å². The second kappa shape index (κ2) is 5.66. The van der Waals surface area contributed by atoms with Crippen molar-refractivity contribution in [2.75, 3.05) is 5.33 Å². The van der Waals surface area contributed by atoms with E-state index in [1.807, 2.05) is 0 Å². The molecule has 1 aromatic heterocycles. The molecule has 3 nitrogen and oxygen atoms in total. The number of aliphatic hydroxyl groups excluding tert-OH is 2. The Morgan fingerprint density at radius 1 is 1.50 bits per heavy atom. The minimum atomic E-state index is -0.978. The third-order valence-electron chi connectivity index (χ3n) is 1.88. The van der Waals surface area contributed by atoms with Crippen LogP contribution in [0.4, 0.5) is 0 Å². The summed E-state index contributed by atoms with van der Waals surface area (Å²) in [6.07, 6.45) is 0.201. The highest BCUT2D eigenvalue weighted by atomic mass is 79.9. The molecule has 0 spiro atoms. The molecule has 14 heavy (non-hydrogen) atoms. The third-order valence-corrected chi connectivity index (χ3v) is 2.65. The number of hydrogen-bond donors (Lipinski definition) is 2. The van der Waals surface area contributed by atoms with Crippen LogP contribution in [0.25, 0.3) is 0 Å². The smallest absolute Gasteiger partial charge is 0.134 e. The topological polar surface area (TPSA) is 53.4 Å². The zero-order valence-electron chi connectivity index (χ0n) is 7.40. The predicted octanol–water partition coefficient (Wildman–Crippen LogP) is 1.91. The summed E-state index contributed by atoms with van der Waals surface area (Å²) in [4.78, 5) is 3.83. The lowest BCUT2D eigenvalue weighted by Gasteiger charge is -2.17. The molecule has 2 atom stereocenters. The summed E-state index contributed by atoms with van der Waals surface area (Å²) in [5.74, 6) is 0. The number of alkyl halides is 1. The van der Waals surface area contributed by atoms with Crippen molar-refractivity contribution < 1.29 is 10.2 Å². The normalized spacial score (nSPS) is 15.1. The molecule has 0 radical (unpaired) electrons. The van der Waals surface area contributed by atoms with E-state index in [1.165, 1.54) is 6.20 Å². The van der Waals surface area contributed by atoms with Crippen LogP contribution in [0, 0.1) is 0 Å². The van der Waals surface area contributed by atoms with Crippen LogP contribution in [0.1, 0.15) is 18.1 Å². The number of nitrogens with zero attached hydrogens (tertiary/aromatic N) is 1. The van der Waals surface area contributed by atoms with Crippen LogP contribution in [-0.4, -0.2) is 26.6 Å². The number of rotatable bonds is 4. The molecule has 78 valence electrons. The first-order valence-electron chi connectivity index (χ1n) is 4.19. The van der Waals surface area contributed by atoms with Crippen molar-refractivity contribution in [3.05, 3.63) is 29.0 Å². The van der Waals surface area contributed by atoms with Crippen LogP contribution >= 0.6 is 27.5 Å². The van der Waals surface area contributed by atoms with Gasteiger partial charge in [0.2, 0.25) is 0 Å². The fourth-order valence-corrected chi connectivity index (χ4v) is 1.80. The molecule has 1 aromatic rings. The summed E-state index contributed by atoms with van der Waals surface area (Å²) in [7, 11) is 0. The molecule has 0 fully saturated rings. The zero-order chi connectivity index (χ0) is 10.6. The maximum atomic E-state index is 9.71. The van der Waals surface area contributed by atoms with Crippen molar-refractivity contribution >= 4 is 27.5 Å². The van der Waals surface area contributed by atoms with Gasteiger partial charge < -0.3 is 10.2 Å². The van der Waals surface area contributed by atoms with Gasteiger partial charge in [0.25, 0.3) is 0 Å². The Morgan fingerprint density at radius 2 is 2.21 bits per heavy atom. The standard InChI is InChI=1S/C9H11BrClNO2/c10-4-3-7(13)8(14)6-2-1-5-12-9(6)11/h1-2,5,7-8,13-14H,3-4H2. The van der Waals surface area contributed by atoms with Gasteiger partial charge in [-0.3, -0.25) is 0 Å². The lowest BCUT2D eigenvalue weighted by molar-refractivity contribution is 0.0172. The van der Waals surface area contributed by atoms with E-state index in [0.717, 1.165) is 0 Å². The van der Waals surface area contributed by atoms with E-state index in [1.54, 1.807) is 12.1 Å².